The zero-order valence-corrected chi connectivity index (χ0v) is 18.6. The lowest BCUT2D eigenvalue weighted by Gasteiger charge is -2.24. The quantitative estimate of drug-likeness (QED) is 0.295. The monoisotopic (exact) mass is 477 g/mol. The molecule has 168 valence electrons. The number of fused-ring (bicyclic) bond motifs is 2. The average Bonchev–Trinajstić information content (AvgIpc) is 3.06. The maximum absolute atomic E-state index is 14.9. The van der Waals surface area contributed by atoms with Crippen LogP contribution in [0.4, 0.5) is 4.39 Å². The first-order valence-electron chi connectivity index (χ1n) is 9.70. The predicted octanol–water partition coefficient (Wildman–Crippen LogP) is 1.54. The van der Waals surface area contributed by atoms with Crippen LogP contribution in [0.5, 0.6) is 0 Å². The summed E-state index contributed by atoms with van der Waals surface area (Å²) in [7, 11) is -4.41. The number of nitrogens with zero attached hydrogens (tertiary/aromatic N) is 2. The summed E-state index contributed by atoms with van der Waals surface area (Å²) in [6, 6.07) is 7.34. The van der Waals surface area contributed by atoms with E-state index in [1.54, 1.807) is 0 Å². The third kappa shape index (κ3) is 3.92. The fraction of sp³-hybridized carbons (Fsp3) is 0.250. The number of hydrogen-bond acceptors (Lipinski definition) is 6. The number of hydrogen-bond donors (Lipinski definition) is 3. The summed E-state index contributed by atoms with van der Waals surface area (Å²) in [5.74, 6) is -1.79. The normalized spacial score (nSPS) is 15.1. The molecule has 1 aromatic heterocycles. The van der Waals surface area contributed by atoms with Gasteiger partial charge in [0.2, 0.25) is 5.11 Å². The molecule has 0 unspecified atom stereocenters. The molecule has 0 aliphatic carbocycles. The molecule has 1 atom stereocenters. The van der Waals surface area contributed by atoms with Gasteiger partial charge in [0.25, 0.3) is 10.0 Å². The molecular formula is C20H20FN5O4S2. The highest BCUT2D eigenvalue weighted by molar-refractivity contribution is 7.91. The summed E-state index contributed by atoms with van der Waals surface area (Å²) in [5, 5.41) is 2.86. The van der Waals surface area contributed by atoms with Crippen LogP contribution in [-0.4, -0.2) is 31.0 Å². The standard InChI is InChI=1S/C20H20FN5O4S2/c1-11(13-4-2-3-12-5-6-23-9-14(12)13)26-16-7-15(21)18(8-17(16)30-20(26)27)32(28,29)25-19(31)24-10-22/h2-4,7-8,10-11,23H,5-6,9H2,1H3,(H3,22,24,25,31)/t11-/m1/s1. The van der Waals surface area contributed by atoms with Crippen molar-refractivity contribution in [2.24, 2.45) is 10.7 Å². The van der Waals surface area contributed by atoms with E-state index in [2.05, 4.69) is 10.3 Å². The van der Waals surface area contributed by atoms with Gasteiger partial charge < -0.3 is 15.5 Å². The van der Waals surface area contributed by atoms with Crippen molar-refractivity contribution in [1.29, 1.82) is 0 Å². The lowest BCUT2D eigenvalue weighted by atomic mass is 9.92. The molecule has 0 saturated heterocycles. The third-order valence-electron chi connectivity index (χ3n) is 5.39. The van der Waals surface area contributed by atoms with Gasteiger partial charge in [0.05, 0.1) is 17.9 Å². The molecule has 0 amide bonds. The van der Waals surface area contributed by atoms with Gasteiger partial charge in [-0.25, -0.2) is 22.6 Å². The van der Waals surface area contributed by atoms with Crippen LogP contribution in [0, 0.1) is 5.82 Å². The van der Waals surface area contributed by atoms with Crippen molar-refractivity contribution in [3.63, 3.8) is 0 Å². The molecule has 4 rings (SSSR count). The largest absolute Gasteiger partial charge is 0.420 e. The highest BCUT2D eigenvalue weighted by atomic mass is 32.2. The highest BCUT2D eigenvalue weighted by Gasteiger charge is 2.26. The molecule has 3 aromatic rings. The van der Waals surface area contributed by atoms with Gasteiger partial charge in [-0.1, -0.05) is 18.2 Å². The molecule has 4 N–H and O–H groups in total. The van der Waals surface area contributed by atoms with Crippen molar-refractivity contribution in [3.8, 4) is 0 Å². The van der Waals surface area contributed by atoms with Crippen LogP contribution in [0.15, 0.2) is 49.4 Å². The number of aliphatic imine (C=N–C) groups is 1. The molecule has 2 heterocycles. The van der Waals surface area contributed by atoms with Crippen molar-refractivity contribution in [2.75, 3.05) is 6.54 Å². The molecule has 9 nitrogen and oxygen atoms in total. The first-order valence-corrected chi connectivity index (χ1v) is 11.6. The van der Waals surface area contributed by atoms with E-state index < -0.39 is 37.6 Å². The van der Waals surface area contributed by atoms with Gasteiger partial charge in [0.1, 0.15) is 10.7 Å². The Kier molecular flexibility index (Phi) is 5.84. The Morgan fingerprint density at radius 2 is 2.22 bits per heavy atom. The van der Waals surface area contributed by atoms with Gasteiger partial charge in [-0.15, -0.1) is 0 Å². The number of nitrogens with one attached hydrogen (secondary N) is 2. The molecule has 12 heteroatoms. The van der Waals surface area contributed by atoms with E-state index in [1.165, 1.54) is 10.1 Å². The summed E-state index contributed by atoms with van der Waals surface area (Å²) < 4.78 is 48.4. The van der Waals surface area contributed by atoms with Gasteiger partial charge >= 0.3 is 5.76 Å². The Balaban J connectivity index is 1.81. The van der Waals surface area contributed by atoms with Gasteiger partial charge in [-0.2, -0.15) is 0 Å². The van der Waals surface area contributed by atoms with Gasteiger partial charge in [0, 0.05) is 18.7 Å². The minimum Gasteiger partial charge on any atom is -0.408 e. The van der Waals surface area contributed by atoms with Gasteiger partial charge in [-0.3, -0.25) is 9.29 Å². The Morgan fingerprint density at radius 1 is 1.44 bits per heavy atom. The summed E-state index contributed by atoms with van der Waals surface area (Å²) >= 11 is 4.73. The molecule has 2 aromatic carbocycles. The molecule has 1 aliphatic rings. The van der Waals surface area contributed by atoms with Gasteiger partial charge in [0.15, 0.2) is 5.58 Å². The molecule has 1 aliphatic heterocycles. The average molecular weight is 478 g/mol. The van der Waals surface area contributed by atoms with E-state index in [0.29, 0.717) is 6.54 Å². The lowest BCUT2D eigenvalue weighted by molar-refractivity contribution is 0.486. The number of nitrogens with two attached hydrogens (primary N) is 1. The Morgan fingerprint density at radius 3 is 2.97 bits per heavy atom. The minimum atomic E-state index is -4.41. The van der Waals surface area contributed by atoms with Crippen LogP contribution in [0.25, 0.3) is 11.1 Å². The Hall–Kier alpha value is -3.09. The van der Waals surface area contributed by atoms with E-state index in [9.17, 15) is 17.6 Å². The fourth-order valence-corrected chi connectivity index (χ4v) is 5.30. The third-order valence-corrected chi connectivity index (χ3v) is 7.08. The first-order chi connectivity index (χ1) is 15.2. The highest BCUT2D eigenvalue weighted by Crippen LogP contribution is 2.30. The van der Waals surface area contributed by atoms with Crippen molar-refractivity contribution in [3.05, 3.63) is 63.4 Å². The van der Waals surface area contributed by atoms with Crippen LogP contribution < -0.4 is 21.5 Å². The number of benzene rings is 2. The molecule has 0 radical (unpaired) electrons. The van der Waals surface area contributed by atoms with Crippen LogP contribution in [0.2, 0.25) is 0 Å². The van der Waals surface area contributed by atoms with Crippen molar-refractivity contribution >= 4 is 44.8 Å². The molecule has 0 saturated carbocycles. The molecule has 0 fully saturated rings. The van der Waals surface area contributed by atoms with Crippen LogP contribution >= 0.6 is 12.2 Å². The summed E-state index contributed by atoms with van der Waals surface area (Å²) in [6.45, 7) is 3.35. The number of sulfonamides is 1. The molecule has 0 bridgehead atoms. The van der Waals surface area contributed by atoms with E-state index in [1.807, 2.05) is 29.8 Å². The van der Waals surface area contributed by atoms with E-state index in [0.717, 1.165) is 42.6 Å². The number of halogens is 1. The summed E-state index contributed by atoms with van der Waals surface area (Å²) in [6.07, 6.45) is 1.68. The SMILES string of the molecule is C[C@H](c1cccc2c1CNCC2)n1c(=O)oc2cc(S(=O)(=O)NC(=S)N=CN)c(F)cc21. The summed E-state index contributed by atoms with van der Waals surface area (Å²) in [5.41, 5.74) is 8.34. The first kappa shape index (κ1) is 22.1. The number of oxazole rings is 1. The fourth-order valence-electron chi connectivity index (χ4n) is 3.94. The number of thiocarbonyl (C=S) groups is 1. The van der Waals surface area contributed by atoms with Crippen LogP contribution in [0.3, 0.4) is 0 Å². The smallest absolute Gasteiger partial charge is 0.408 e. The topological polar surface area (TPSA) is 132 Å². The lowest BCUT2D eigenvalue weighted by Crippen LogP contribution is -2.29. The zero-order valence-electron chi connectivity index (χ0n) is 17.0. The second kappa shape index (κ2) is 8.45. The Labute approximate surface area is 188 Å². The Bertz CT molecular complexity index is 1410. The minimum absolute atomic E-state index is 0.0696. The maximum atomic E-state index is 14.9. The van der Waals surface area contributed by atoms with Crippen molar-refractivity contribution in [1.82, 2.24) is 14.6 Å². The van der Waals surface area contributed by atoms with Crippen molar-refractivity contribution in [2.45, 2.75) is 30.8 Å². The van der Waals surface area contributed by atoms with E-state index >= 15 is 0 Å². The zero-order chi connectivity index (χ0) is 23.0. The van der Waals surface area contributed by atoms with E-state index in [4.69, 9.17) is 22.4 Å². The predicted molar refractivity (Wildman–Crippen MR) is 122 cm³/mol. The van der Waals surface area contributed by atoms with Crippen LogP contribution in [0.1, 0.15) is 29.7 Å². The second-order valence-corrected chi connectivity index (χ2v) is 9.30. The van der Waals surface area contributed by atoms with E-state index in [-0.39, 0.29) is 11.1 Å². The molecular weight excluding hydrogens is 457 g/mol. The maximum Gasteiger partial charge on any atom is 0.420 e. The molecule has 32 heavy (non-hydrogen) atoms. The number of aromatic nitrogens is 1. The van der Waals surface area contributed by atoms with Crippen LogP contribution in [-0.2, 0) is 23.0 Å². The van der Waals surface area contributed by atoms with Crippen molar-refractivity contribution < 1.29 is 17.2 Å². The van der Waals surface area contributed by atoms with Gasteiger partial charge in [-0.05, 0) is 48.8 Å². The molecule has 0 spiro atoms. The second-order valence-electron chi connectivity index (χ2n) is 7.26. The summed E-state index contributed by atoms with van der Waals surface area (Å²) in [4.78, 5) is 15.4. The number of rotatable bonds is 4.